The Hall–Kier alpha value is -3.48. The van der Waals surface area contributed by atoms with Gasteiger partial charge in [0.2, 0.25) is 0 Å². The zero-order valence-electron chi connectivity index (χ0n) is 20.7. The SMILES string of the molecule is CSc1ccccc1C(=O)Nc1ccc(-c2ccc(NC(=O)c3ccccc3SC)c(C)c2)cc1C. The Kier molecular flexibility index (Phi) is 8.18. The summed E-state index contributed by atoms with van der Waals surface area (Å²) >= 11 is 3.11. The minimum Gasteiger partial charge on any atom is -0.322 e. The number of anilines is 2. The van der Waals surface area contributed by atoms with Crippen molar-refractivity contribution in [3.05, 3.63) is 107 Å². The van der Waals surface area contributed by atoms with Gasteiger partial charge in [-0.25, -0.2) is 0 Å². The number of hydrogen-bond donors (Lipinski definition) is 2. The number of carbonyl (C=O) groups excluding carboxylic acids is 2. The molecule has 36 heavy (non-hydrogen) atoms. The number of carbonyl (C=O) groups is 2. The molecule has 0 unspecified atom stereocenters. The lowest BCUT2D eigenvalue weighted by molar-refractivity contribution is 0.101. The van der Waals surface area contributed by atoms with Gasteiger partial charge in [0.25, 0.3) is 11.8 Å². The van der Waals surface area contributed by atoms with Crippen LogP contribution >= 0.6 is 23.5 Å². The van der Waals surface area contributed by atoms with Crippen LogP contribution in [0, 0.1) is 13.8 Å². The van der Waals surface area contributed by atoms with Crippen molar-refractivity contribution < 1.29 is 9.59 Å². The first kappa shape index (κ1) is 25.6. The average Bonchev–Trinajstić information content (AvgIpc) is 2.90. The van der Waals surface area contributed by atoms with Gasteiger partial charge in [0, 0.05) is 21.2 Å². The summed E-state index contributed by atoms with van der Waals surface area (Å²) in [5, 5.41) is 6.09. The van der Waals surface area contributed by atoms with Crippen LogP contribution in [0.1, 0.15) is 31.8 Å². The van der Waals surface area contributed by atoms with Crippen LogP contribution in [0.25, 0.3) is 11.1 Å². The molecule has 0 saturated carbocycles. The third-order valence-corrected chi connectivity index (χ3v) is 7.58. The monoisotopic (exact) mass is 512 g/mol. The van der Waals surface area contributed by atoms with Gasteiger partial charge in [-0.05, 0) is 97.1 Å². The van der Waals surface area contributed by atoms with Crippen molar-refractivity contribution in [1.29, 1.82) is 0 Å². The van der Waals surface area contributed by atoms with Crippen LogP contribution in [0.15, 0.2) is 94.7 Å². The Morgan fingerprint density at radius 2 is 0.972 bits per heavy atom. The molecule has 0 aliphatic heterocycles. The molecule has 2 N–H and O–H groups in total. The molecule has 0 radical (unpaired) electrons. The number of rotatable bonds is 7. The van der Waals surface area contributed by atoms with Crippen molar-refractivity contribution in [1.82, 2.24) is 0 Å². The summed E-state index contributed by atoms with van der Waals surface area (Å²) in [5.41, 5.74) is 6.95. The van der Waals surface area contributed by atoms with Crippen LogP contribution in [-0.4, -0.2) is 24.3 Å². The number of hydrogen-bond acceptors (Lipinski definition) is 4. The second-order valence-corrected chi connectivity index (χ2v) is 10.1. The highest BCUT2D eigenvalue weighted by Gasteiger charge is 2.14. The van der Waals surface area contributed by atoms with Crippen molar-refractivity contribution in [2.24, 2.45) is 0 Å². The molecule has 4 aromatic rings. The van der Waals surface area contributed by atoms with Crippen molar-refractivity contribution in [3.63, 3.8) is 0 Å². The number of thioether (sulfide) groups is 2. The molecule has 0 bridgehead atoms. The largest absolute Gasteiger partial charge is 0.322 e. The van der Waals surface area contributed by atoms with Crippen molar-refractivity contribution in [2.75, 3.05) is 23.1 Å². The smallest absolute Gasteiger partial charge is 0.256 e. The Morgan fingerprint density at radius 3 is 1.33 bits per heavy atom. The standard InChI is InChI=1S/C30H28N2O2S2/c1-19-17-21(13-15-25(19)31-29(33)23-9-5-7-11-27(23)35-3)22-14-16-26(20(2)18-22)32-30(34)24-10-6-8-12-28(24)36-4/h5-18H,1-4H3,(H,31,33)(H,32,34). The van der Waals surface area contributed by atoms with Crippen LogP contribution in [0.4, 0.5) is 11.4 Å². The van der Waals surface area contributed by atoms with E-state index in [1.807, 2.05) is 99.2 Å². The highest BCUT2D eigenvalue weighted by atomic mass is 32.2. The van der Waals surface area contributed by atoms with Gasteiger partial charge < -0.3 is 10.6 Å². The summed E-state index contributed by atoms with van der Waals surface area (Å²) in [7, 11) is 0. The predicted octanol–water partition coefficient (Wildman–Crippen LogP) is 7.92. The fourth-order valence-electron chi connectivity index (χ4n) is 4.01. The maximum atomic E-state index is 12.9. The number of aryl methyl sites for hydroxylation is 2. The van der Waals surface area contributed by atoms with E-state index < -0.39 is 0 Å². The molecule has 0 aliphatic rings. The summed E-state index contributed by atoms with van der Waals surface area (Å²) in [6.07, 6.45) is 3.93. The molecule has 182 valence electrons. The first-order chi connectivity index (χ1) is 17.4. The molecule has 0 aliphatic carbocycles. The topological polar surface area (TPSA) is 58.2 Å². The van der Waals surface area contributed by atoms with E-state index >= 15 is 0 Å². The second-order valence-electron chi connectivity index (χ2n) is 8.37. The lowest BCUT2D eigenvalue weighted by Crippen LogP contribution is -2.14. The second kappa shape index (κ2) is 11.5. The molecular weight excluding hydrogens is 484 g/mol. The van der Waals surface area contributed by atoms with Gasteiger partial charge >= 0.3 is 0 Å². The molecule has 0 fully saturated rings. The van der Waals surface area contributed by atoms with E-state index in [2.05, 4.69) is 22.8 Å². The minimum atomic E-state index is -0.116. The zero-order valence-corrected chi connectivity index (χ0v) is 22.3. The summed E-state index contributed by atoms with van der Waals surface area (Å²) in [5.74, 6) is -0.232. The van der Waals surface area contributed by atoms with Crippen molar-refractivity contribution >= 4 is 46.7 Å². The Bertz CT molecular complexity index is 1320. The molecule has 4 aromatic carbocycles. The van der Waals surface area contributed by atoms with Gasteiger partial charge in [0.15, 0.2) is 0 Å². The highest BCUT2D eigenvalue weighted by Crippen LogP contribution is 2.30. The van der Waals surface area contributed by atoms with Crippen molar-refractivity contribution in [2.45, 2.75) is 23.6 Å². The van der Waals surface area contributed by atoms with Gasteiger partial charge in [-0.3, -0.25) is 9.59 Å². The predicted molar refractivity (Wildman–Crippen MR) is 154 cm³/mol. The van der Waals surface area contributed by atoms with E-state index in [1.54, 1.807) is 23.5 Å². The number of amides is 2. The minimum absolute atomic E-state index is 0.116. The fourth-order valence-corrected chi connectivity index (χ4v) is 5.20. The van der Waals surface area contributed by atoms with Gasteiger partial charge in [-0.2, -0.15) is 0 Å². The lowest BCUT2D eigenvalue weighted by atomic mass is 9.99. The maximum absolute atomic E-state index is 12.9. The molecule has 0 heterocycles. The van der Waals surface area contributed by atoms with Crippen LogP contribution in [0.2, 0.25) is 0 Å². The summed E-state index contributed by atoms with van der Waals surface area (Å²) in [6.45, 7) is 3.98. The Morgan fingerprint density at radius 1 is 0.583 bits per heavy atom. The summed E-state index contributed by atoms with van der Waals surface area (Å²) < 4.78 is 0. The molecule has 0 aromatic heterocycles. The van der Waals surface area contributed by atoms with Gasteiger partial charge in [-0.1, -0.05) is 36.4 Å². The Balaban J connectivity index is 1.51. The van der Waals surface area contributed by atoms with E-state index in [9.17, 15) is 9.59 Å². The van der Waals surface area contributed by atoms with Crippen LogP contribution in [0.5, 0.6) is 0 Å². The number of nitrogens with one attached hydrogen (secondary N) is 2. The quantitative estimate of drug-likeness (QED) is 0.247. The van der Waals surface area contributed by atoms with E-state index in [0.29, 0.717) is 11.1 Å². The normalized spacial score (nSPS) is 10.7. The number of benzene rings is 4. The van der Waals surface area contributed by atoms with Crippen LogP contribution in [0.3, 0.4) is 0 Å². The van der Waals surface area contributed by atoms with Gasteiger partial charge in [0.05, 0.1) is 11.1 Å². The van der Waals surface area contributed by atoms with Crippen LogP contribution < -0.4 is 10.6 Å². The Labute approximate surface area is 220 Å². The molecule has 0 spiro atoms. The zero-order chi connectivity index (χ0) is 25.7. The summed E-state index contributed by atoms with van der Waals surface area (Å²) in [4.78, 5) is 27.6. The van der Waals surface area contributed by atoms with E-state index in [1.165, 1.54) is 0 Å². The van der Waals surface area contributed by atoms with E-state index in [4.69, 9.17) is 0 Å². The first-order valence-corrected chi connectivity index (χ1v) is 14.0. The van der Waals surface area contributed by atoms with Crippen molar-refractivity contribution in [3.8, 4) is 11.1 Å². The molecule has 2 amide bonds. The molecule has 4 rings (SSSR count). The van der Waals surface area contributed by atoms with Gasteiger partial charge in [0.1, 0.15) is 0 Å². The highest BCUT2D eigenvalue weighted by molar-refractivity contribution is 7.99. The molecular formula is C30H28N2O2S2. The van der Waals surface area contributed by atoms with Gasteiger partial charge in [-0.15, -0.1) is 23.5 Å². The molecule has 4 nitrogen and oxygen atoms in total. The maximum Gasteiger partial charge on any atom is 0.256 e. The fraction of sp³-hybridized carbons (Fsp3) is 0.133. The first-order valence-electron chi connectivity index (χ1n) is 11.5. The third-order valence-electron chi connectivity index (χ3n) is 5.99. The summed E-state index contributed by atoms with van der Waals surface area (Å²) in [6, 6.07) is 27.2. The van der Waals surface area contributed by atoms with E-state index in [-0.39, 0.29) is 11.8 Å². The lowest BCUT2D eigenvalue weighted by Gasteiger charge is -2.14. The molecule has 6 heteroatoms. The third kappa shape index (κ3) is 5.66. The molecule has 0 saturated heterocycles. The molecule has 0 atom stereocenters. The van der Waals surface area contributed by atoms with Crippen LogP contribution in [-0.2, 0) is 0 Å². The van der Waals surface area contributed by atoms with E-state index in [0.717, 1.165) is 43.4 Å². The average molecular weight is 513 g/mol.